The Labute approximate surface area is 266 Å². The number of para-hydroxylation sites is 5. The molecule has 3 heterocycles. The fourth-order valence-corrected chi connectivity index (χ4v) is 7.29. The van der Waals surface area contributed by atoms with Crippen molar-refractivity contribution in [2.24, 2.45) is 0 Å². The van der Waals surface area contributed by atoms with Crippen LogP contribution in [0.1, 0.15) is 0 Å². The molecule has 214 valence electrons. The maximum atomic E-state index is 5.41. The first-order valence-electron chi connectivity index (χ1n) is 15.6. The van der Waals surface area contributed by atoms with E-state index in [1.807, 2.05) is 0 Å². The highest BCUT2D eigenvalue weighted by molar-refractivity contribution is 6.12. The molecule has 4 nitrogen and oxygen atoms in total. The Balaban J connectivity index is 1.28. The Morgan fingerprint density at radius 1 is 0.391 bits per heavy atom. The highest BCUT2D eigenvalue weighted by Gasteiger charge is 2.37. The van der Waals surface area contributed by atoms with E-state index in [2.05, 4.69) is 168 Å². The van der Waals surface area contributed by atoms with E-state index in [1.54, 1.807) is 0 Å². The molecule has 7 aromatic carbocycles. The summed E-state index contributed by atoms with van der Waals surface area (Å²) in [7, 11) is 0. The zero-order valence-corrected chi connectivity index (χ0v) is 24.8. The second-order valence-electron chi connectivity index (χ2n) is 11.8. The molecule has 0 unspecified atom stereocenters. The van der Waals surface area contributed by atoms with Crippen molar-refractivity contribution in [2.75, 3.05) is 9.80 Å². The summed E-state index contributed by atoms with van der Waals surface area (Å²) in [5, 5.41) is 3.43. The van der Waals surface area contributed by atoms with Gasteiger partial charge in [-0.1, -0.05) is 121 Å². The van der Waals surface area contributed by atoms with Crippen LogP contribution in [-0.2, 0) is 0 Å². The lowest BCUT2D eigenvalue weighted by atomic mass is 9.94. The van der Waals surface area contributed by atoms with Crippen LogP contribution in [0.15, 0.2) is 158 Å². The van der Waals surface area contributed by atoms with Crippen molar-refractivity contribution >= 4 is 56.1 Å². The van der Waals surface area contributed by atoms with Crippen LogP contribution in [0.5, 0.6) is 0 Å². The van der Waals surface area contributed by atoms with Gasteiger partial charge in [-0.3, -0.25) is 4.90 Å². The molecule has 0 radical (unpaired) electrons. The molecule has 0 saturated carbocycles. The number of nitrogens with zero attached hydrogens (tertiary/aromatic N) is 4. The standard InChI is InChI=1S/C42H26N4/c1-2-13-28-26-29(25-24-27(28)12-1)40-34-17-5-7-19-35(34)43-42(44-40)46-38-22-10-9-21-37(38)45-36-20-8-6-16-32(36)30-14-3-4-15-31(30)33-18-11-23-39(46)41(33)45/h1-26H. The van der Waals surface area contributed by atoms with Gasteiger partial charge in [0.05, 0.1) is 39.6 Å². The lowest BCUT2D eigenvalue weighted by molar-refractivity contribution is 1.08. The molecule has 8 aromatic rings. The van der Waals surface area contributed by atoms with Crippen LogP contribution in [0.4, 0.5) is 34.4 Å². The van der Waals surface area contributed by atoms with Gasteiger partial charge >= 0.3 is 0 Å². The minimum Gasteiger partial charge on any atom is -0.305 e. The van der Waals surface area contributed by atoms with Gasteiger partial charge in [0.1, 0.15) is 0 Å². The van der Waals surface area contributed by atoms with Crippen LogP contribution in [0.25, 0.3) is 55.2 Å². The van der Waals surface area contributed by atoms with Gasteiger partial charge < -0.3 is 4.90 Å². The summed E-state index contributed by atoms with van der Waals surface area (Å²) in [5.41, 5.74) is 13.2. The van der Waals surface area contributed by atoms with E-state index in [4.69, 9.17) is 9.97 Å². The average molecular weight is 587 g/mol. The van der Waals surface area contributed by atoms with E-state index in [9.17, 15) is 0 Å². The fraction of sp³-hybridized carbons (Fsp3) is 0. The number of hydrogen-bond donors (Lipinski definition) is 0. The van der Waals surface area contributed by atoms with Crippen LogP contribution < -0.4 is 9.80 Å². The minimum absolute atomic E-state index is 0.646. The lowest BCUT2D eigenvalue weighted by Crippen LogP contribution is -2.25. The highest BCUT2D eigenvalue weighted by atomic mass is 15.3. The summed E-state index contributed by atoms with van der Waals surface area (Å²) in [6.07, 6.45) is 0. The SMILES string of the molecule is c1ccc2c(c1)-c1ccccc1N1c3ccccc3N(c3nc(-c4ccc5ccccc5c4)c4ccccc4n3)c3cccc-2c31. The Morgan fingerprint density at radius 3 is 1.85 bits per heavy atom. The van der Waals surface area contributed by atoms with Crippen molar-refractivity contribution in [1.29, 1.82) is 0 Å². The Hall–Kier alpha value is -6.26. The van der Waals surface area contributed by atoms with E-state index in [0.717, 1.165) is 50.6 Å². The molecule has 0 amide bonds. The first-order chi connectivity index (χ1) is 22.8. The molecule has 0 spiro atoms. The molecule has 0 atom stereocenters. The van der Waals surface area contributed by atoms with Crippen LogP contribution in [0.3, 0.4) is 0 Å². The zero-order chi connectivity index (χ0) is 30.2. The number of hydrogen-bond acceptors (Lipinski definition) is 4. The van der Waals surface area contributed by atoms with Crippen LogP contribution in [0.2, 0.25) is 0 Å². The highest BCUT2D eigenvalue weighted by Crippen LogP contribution is 2.60. The second-order valence-corrected chi connectivity index (χ2v) is 11.8. The van der Waals surface area contributed by atoms with Gasteiger partial charge in [-0.2, -0.15) is 0 Å². The van der Waals surface area contributed by atoms with Crippen molar-refractivity contribution in [3.05, 3.63) is 158 Å². The molecular formula is C42H26N4. The molecular weight excluding hydrogens is 560 g/mol. The van der Waals surface area contributed by atoms with Gasteiger partial charge in [-0.05, 0) is 58.3 Å². The average Bonchev–Trinajstić information content (AvgIpc) is 3.25. The molecule has 2 aliphatic heterocycles. The third kappa shape index (κ3) is 3.55. The van der Waals surface area contributed by atoms with Gasteiger partial charge in [0, 0.05) is 22.1 Å². The molecule has 2 aliphatic rings. The zero-order valence-electron chi connectivity index (χ0n) is 24.8. The van der Waals surface area contributed by atoms with E-state index < -0.39 is 0 Å². The largest absolute Gasteiger partial charge is 0.305 e. The molecule has 0 bridgehead atoms. The summed E-state index contributed by atoms with van der Waals surface area (Å²) in [4.78, 5) is 15.3. The third-order valence-corrected chi connectivity index (χ3v) is 9.31. The third-order valence-electron chi connectivity index (χ3n) is 9.31. The van der Waals surface area contributed by atoms with Gasteiger partial charge in [-0.25, -0.2) is 9.97 Å². The second kappa shape index (κ2) is 9.62. The monoisotopic (exact) mass is 586 g/mol. The van der Waals surface area contributed by atoms with Crippen LogP contribution in [-0.4, -0.2) is 9.97 Å². The Bertz CT molecular complexity index is 2520. The Morgan fingerprint density at radius 2 is 1.00 bits per heavy atom. The van der Waals surface area contributed by atoms with Gasteiger partial charge in [0.15, 0.2) is 0 Å². The molecule has 0 saturated heterocycles. The molecule has 0 aliphatic carbocycles. The Kier molecular flexibility index (Phi) is 5.25. The predicted molar refractivity (Wildman–Crippen MR) is 190 cm³/mol. The van der Waals surface area contributed by atoms with E-state index in [-0.39, 0.29) is 0 Å². The van der Waals surface area contributed by atoms with Gasteiger partial charge in [0.25, 0.3) is 0 Å². The van der Waals surface area contributed by atoms with Crippen molar-refractivity contribution in [2.45, 2.75) is 0 Å². The summed E-state index contributed by atoms with van der Waals surface area (Å²) in [6.45, 7) is 0. The first kappa shape index (κ1) is 25.1. The normalized spacial score (nSPS) is 12.7. The van der Waals surface area contributed by atoms with Gasteiger partial charge in [0.2, 0.25) is 5.95 Å². The number of benzene rings is 7. The number of anilines is 6. The maximum Gasteiger partial charge on any atom is 0.235 e. The lowest BCUT2D eigenvalue weighted by Gasteiger charge is -2.40. The maximum absolute atomic E-state index is 5.41. The van der Waals surface area contributed by atoms with E-state index >= 15 is 0 Å². The summed E-state index contributed by atoms with van der Waals surface area (Å²) in [5.74, 6) is 0.646. The summed E-state index contributed by atoms with van der Waals surface area (Å²) in [6, 6.07) is 56.1. The molecule has 1 aromatic heterocycles. The number of fused-ring (bicyclic) bond motifs is 9. The number of aromatic nitrogens is 2. The quantitative estimate of drug-likeness (QED) is 0.202. The molecule has 46 heavy (non-hydrogen) atoms. The fourth-order valence-electron chi connectivity index (χ4n) is 7.29. The molecule has 0 N–H and O–H groups in total. The summed E-state index contributed by atoms with van der Waals surface area (Å²) >= 11 is 0. The van der Waals surface area contributed by atoms with Crippen molar-refractivity contribution in [3.63, 3.8) is 0 Å². The van der Waals surface area contributed by atoms with Gasteiger partial charge in [-0.15, -0.1) is 0 Å². The minimum atomic E-state index is 0.646. The number of rotatable bonds is 2. The smallest absolute Gasteiger partial charge is 0.235 e. The van der Waals surface area contributed by atoms with Crippen molar-refractivity contribution in [3.8, 4) is 33.5 Å². The molecule has 10 rings (SSSR count). The van der Waals surface area contributed by atoms with Crippen LogP contribution in [0, 0.1) is 0 Å². The molecule has 4 heteroatoms. The molecule has 0 fully saturated rings. The van der Waals surface area contributed by atoms with E-state index in [1.165, 1.54) is 33.0 Å². The van der Waals surface area contributed by atoms with Crippen molar-refractivity contribution < 1.29 is 0 Å². The topological polar surface area (TPSA) is 32.3 Å². The van der Waals surface area contributed by atoms with E-state index in [0.29, 0.717) is 5.95 Å². The van der Waals surface area contributed by atoms with Crippen molar-refractivity contribution in [1.82, 2.24) is 9.97 Å². The predicted octanol–water partition coefficient (Wildman–Crippen LogP) is 11.4. The summed E-state index contributed by atoms with van der Waals surface area (Å²) < 4.78 is 0. The first-order valence-corrected chi connectivity index (χ1v) is 15.6. The van der Waals surface area contributed by atoms with Crippen LogP contribution >= 0.6 is 0 Å².